The molecule has 1 atom stereocenters. The number of carbonyl (C=O) groups is 3. The van der Waals surface area contributed by atoms with E-state index in [2.05, 4.69) is 10.6 Å². The molecule has 0 radical (unpaired) electrons. The molecule has 0 aliphatic carbocycles. The average molecular weight is 334 g/mol. The molecule has 3 N–H and O–H groups in total. The van der Waals surface area contributed by atoms with Crippen molar-refractivity contribution < 1.29 is 29.0 Å². The van der Waals surface area contributed by atoms with Gasteiger partial charge in [-0.1, -0.05) is 13.0 Å². The number of fused-ring (bicyclic) bond motifs is 1. The molecular weight excluding hydrogens is 316 g/mol. The van der Waals surface area contributed by atoms with Crippen LogP contribution >= 0.6 is 0 Å². The molecule has 0 saturated carbocycles. The molecule has 1 heterocycles. The van der Waals surface area contributed by atoms with Crippen molar-refractivity contribution in [1.29, 1.82) is 0 Å². The Kier molecular flexibility index (Phi) is 5.41. The average Bonchev–Trinajstić information content (AvgIpc) is 2.98. The molecule has 0 spiro atoms. The molecule has 2 rings (SSSR count). The van der Waals surface area contributed by atoms with Crippen LogP contribution in [0.2, 0.25) is 0 Å². The van der Waals surface area contributed by atoms with Crippen LogP contribution in [0.3, 0.4) is 0 Å². The summed E-state index contributed by atoms with van der Waals surface area (Å²) in [6, 6.07) is 4.00. The van der Waals surface area contributed by atoms with Crippen molar-refractivity contribution in [2.24, 2.45) is 0 Å². The Morgan fingerprint density at radius 2 is 2.00 bits per heavy atom. The van der Waals surface area contributed by atoms with E-state index in [0.717, 1.165) is 0 Å². The molecule has 8 nitrogen and oxygen atoms in total. The topological polar surface area (TPSA) is 114 Å². The van der Waals surface area contributed by atoms with Crippen molar-refractivity contribution in [3.05, 3.63) is 29.5 Å². The lowest BCUT2D eigenvalue weighted by molar-refractivity contribution is -0.141. The third kappa shape index (κ3) is 4.25. The minimum Gasteiger partial charge on any atom is -0.480 e. The maximum Gasteiger partial charge on any atom is 0.326 e. The zero-order chi connectivity index (χ0) is 17.7. The number of hydrogen-bond acceptors (Lipinski definition) is 5. The highest BCUT2D eigenvalue weighted by Crippen LogP contribution is 2.32. The summed E-state index contributed by atoms with van der Waals surface area (Å²) in [6.45, 7) is 3.02. The standard InChI is InChI=1S/C16H18N2O6/c1-3-11(16(21)22)18-15(20)12(17-9(2)19)6-10-4-5-13-14(7-10)24-8-23-13/h4-7,11H,3,8H2,1-2H3,(H,17,19)(H,18,20)(H,21,22)/b12-6+/t11-/m0/s1. The number of aliphatic carboxylic acids is 1. The van der Waals surface area contributed by atoms with E-state index in [1.54, 1.807) is 25.1 Å². The molecule has 24 heavy (non-hydrogen) atoms. The van der Waals surface area contributed by atoms with Gasteiger partial charge >= 0.3 is 5.97 Å². The predicted octanol–water partition coefficient (Wildman–Crippen LogP) is 0.872. The van der Waals surface area contributed by atoms with Crippen LogP contribution in [-0.2, 0) is 14.4 Å². The Hall–Kier alpha value is -3.03. The SMILES string of the molecule is CC[C@H](NC(=O)/C(=C\c1ccc2c(c1)OCO2)NC(C)=O)C(=O)O. The molecular formula is C16H18N2O6. The molecule has 0 saturated heterocycles. The number of carbonyl (C=O) groups excluding carboxylic acids is 2. The van der Waals surface area contributed by atoms with Gasteiger partial charge in [-0.05, 0) is 30.2 Å². The molecule has 1 aliphatic heterocycles. The summed E-state index contributed by atoms with van der Waals surface area (Å²) in [4.78, 5) is 34.7. The van der Waals surface area contributed by atoms with E-state index in [4.69, 9.17) is 14.6 Å². The Bertz CT molecular complexity index is 698. The Balaban J connectivity index is 2.25. The maximum absolute atomic E-state index is 12.3. The summed E-state index contributed by atoms with van der Waals surface area (Å²) in [5.41, 5.74) is 0.544. The largest absolute Gasteiger partial charge is 0.480 e. The first-order valence-electron chi connectivity index (χ1n) is 7.33. The number of carboxylic acids is 1. The van der Waals surface area contributed by atoms with Crippen LogP contribution in [0.15, 0.2) is 23.9 Å². The number of carboxylic acid groups (broad SMARTS) is 1. The van der Waals surface area contributed by atoms with E-state index in [0.29, 0.717) is 17.1 Å². The van der Waals surface area contributed by atoms with Gasteiger partial charge in [0.2, 0.25) is 12.7 Å². The van der Waals surface area contributed by atoms with Gasteiger partial charge in [0.25, 0.3) is 5.91 Å². The highest BCUT2D eigenvalue weighted by molar-refractivity contribution is 6.02. The fraction of sp³-hybridized carbons (Fsp3) is 0.312. The van der Waals surface area contributed by atoms with Crippen molar-refractivity contribution in [3.8, 4) is 11.5 Å². The first kappa shape index (κ1) is 17.3. The Morgan fingerprint density at radius 1 is 1.29 bits per heavy atom. The molecule has 0 aromatic heterocycles. The molecule has 1 aromatic carbocycles. The predicted molar refractivity (Wildman–Crippen MR) is 84.2 cm³/mol. The van der Waals surface area contributed by atoms with Crippen molar-refractivity contribution in [2.45, 2.75) is 26.3 Å². The molecule has 128 valence electrons. The molecule has 1 aromatic rings. The van der Waals surface area contributed by atoms with Gasteiger partial charge in [-0.2, -0.15) is 0 Å². The van der Waals surface area contributed by atoms with Crippen LogP contribution in [0, 0.1) is 0 Å². The van der Waals surface area contributed by atoms with Gasteiger partial charge < -0.3 is 25.2 Å². The number of benzene rings is 1. The molecule has 2 amide bonds. The van der Waals surface area contributed by atoms with Crippen molar-refractivity contribution in [1.82, 2.24) is 10.6 Å². The first-order valence-corrected chi connectivity index (χ1v) is 7.33. The summed E-state index contributed by atoms with van der Waals surface area (Å²) in [7, 11) is 0. The quantitative estimate of drug-likeness (QED) is 0.665. The smallest absolute Gasteiger partial charge is 0.326 e. The number of amides is 2. The van der Waals surface area contributed by atoms with E-state index in [-0.39, 0.29) is 18.9 Å². The number of nitrogens with one attached hydrogen (secondary N) is 2. The van der Waals surface area contributed by atoms with E-state index in [1.807, 2.05) is 0 Å². The molecule has 8 heteroatoms. The van der Waals surface area contributed by atoms with Gasteiger partial charge in [0.05, 0.1) is 0 Å². The molecule has 0 unspecified atom stereocenters. The van der Waals surface area contributed by atoms with Gasteiger partial charge in [0, 0.05) is 6.92 Å². The Labute approximate surface area is 138 Å². The lowest BCUT2D eigenvalue weighted by Gasteiger charge is -2.14. The summed E-state index contributed by atoms with van der Waals surface area (Å²) >= 11 is 0. The van der Waals surface area contributed by atoms with Gasteiger partial charge in [-0.25, -0.2) is 4.79 Å². The Morgan fingerprint density at radius 3 is 2.62 bits per heavy atom. The number of ether oxygens (including phenoxy) is 2. The van der Waals surface area contributed by atoms with E-state index >= 15 is 0 Å². The highest BCUT2D eigenvalue weighted by atomic mass is 16.7. The lowest BCUT2D eigenvalue weighted by Crippen LogP contribution is -2.43. The van der Waals surface area contributed by atoms with Crippen LogP contribution in [0.1, 0.15) is 25.8 Å². The van der Waals surface area contributed by atoms with Crippen LogP contribution < -0.4 is 20.1 Å². The van der Waals surface area contributed by atoms with Crippen LogP contribution in [-0.4, -0.2) is 35.7 Å². The number of rotatable bonds is 6. The fourth-order valence-electron chi connectivity index (χ4n) is 2.09. The summed E-state index contributed by atoms with van der Waals surface area (Å²) in [5, 5.41) is 13.8. The van der Waals surface area contributed by atoms with Gasteiger partial charge in [0.15, 0.2) is 11.5 Å². The summed E-state index contributed by atoms with van der Waals surface area (Å²) in [6.07, 6.45) is 1.66. The lowest BCUT2D eigenvalue weighted by atomic mass is 10.1. The summed E-state index contributed by atoms with van der Waals surface area (Å²) in [5.74, 6) is -1.15. The van der Waals surface area contributed by atoms with E-state index in [9.17, 15) is 14.4 Å². The third-order valence-electron chi connectivity index (χ3n) is 3.27. The minimum atomic E-state index is -1.14. The van der Waals surface area contributed by atoms with Crippen LogP contribution in [0.5, 0.6) is 11.5 Å². The first-order chi connectivity index (χ1) is 11.4. The van der Waals surface area contributed by atoms with Gasteiger partial charge in [-0.3, -0.25) is 9.59 Å². The number of hydrogen-bond donors (Lipinski definition) is 3. The monoisotopic (exact) mass is 334 g/mol. The van der Waals surface area contributed by atoms with Crippen molar-refractivity contribution >= 4 is 23.9 Å². The third-order valence-corrected chi connectivity index (χ3v) is 3.27. The molecule has 1 aliphatic rings. The minimum absolute atomic E-state index is 0.0546. The van der Waals surface area contributed by atoms with Crippen molar-refractivity contribution in [2.75, 3.05) is 6.79 Å². The van der Waals surface area contributed by atoms with E-state index in [1.165, 1.54) is 13.0 Å². The molecule has 0 fully saturated rings. The second kappa shape index (κ2) is 7.49. The molecule has 0 bridgehead atoms. The van der Waals surface area contributed by atoms with Crippen LogP contribution in [0.4, 0.5) is 0 Å². The van der Waals surface area contributed by atoms with Crippen molar-refractivity contribution in [3.63, 3.8) is 0 Å². The van der Waals surface area contributed by atoms with Gasteiger partial charge in [-0.15, -0.1) is 0 Å². The maximum atomic E-state index is 12.3. The second-order valence-electron chi connectivity index (χ2n) is 5.12. The van der Waals surface area contributed by atoms with E-state index < -0.39 is 23.8 Å². The highest BCUT2D eigenvalue weighted by Gasteiger charge is 2.21. The fourth-order valence-corrected chi connectivity index (χ4v) is 2.09. The van der Waals surface area contributed by atoms with Gasteiger partial charge in [0.1, 0.15) is 11.7 Å². The zero-order valence-electron chi connectivity index (χ0n) is 13.3. The normalized spacial score (nSPS) is 14.0. The second-order valence-corrected chi connectivity index (χ2v) is 5.12. The van der Waals surface area contributed by atoms with Crippen LogP contribution in [0.25, 0.3) is 6.08 Å². The zero-order valence-corrected chi connectivity index (χ0v) is 13.3. The summed E-state index contributed by atoms with van der Waals surface area (Å²) < 4.78 is 10.5.